The molecule has 0 aliphatic heterocycles. The van der Waals surface area contributed by atoms with Crippen LogP contribution in [0.3, 0.4) is 0 Å². The summed E-state index contributed by atoms with van der Waals surface area (Å²) in [5.41, 5.74) is 2.04. The van der Waals surface area contributed by atoms with Gasteiger partial charge in [0.2, 0.25) is 0 Å². The Morgan fingerprint density at radius 1 is 1.17 bits per heavy atom. The predicted octanol–water partition coefficient (Wildman–Crippen LogP) is 2.97. The van der Waals surface area contributed by atoms with Gasteiger partial charge in [-0.1, -0.05) is 30.3 Å². The van der Waals surface area contributed by atoms with Gasteiger partial charge in [0.05, 0.1) is 11.0 Å². The number of phenolic OH excluding ortho intramolecular Hbond substituents is 1. The summed E-state index contributed by atoms with van der Waals surface area (Å²) in [5.74, 6) is 0.101. The zero-order valence-electron chi connectivity index (χ0n) is 9.54. The molecule has 4 nitrogen and oxygen atoms in total. The molecule has 3 aromatic rings. The van der Waals surface area contributed by atoms with Crippen LogP contribution >= 0.6 is 0 Å². The number of fused-ring (bicyclic) bond motifs is 2. The van der Waals surface area contributed by atoms with E-state index in [1.807, 2.05) is 30.3 Å². The maximum atomic E-state index is 11.9. The summed E-state index contributed by atoms with van der Waals surface area (Å²) in [5, 5.41) is 9.53. The highest BCUT2D eigenvalue weighted by Gasteiger charge is 2.17. The molecule has 2 aromatic heterocycles. The molecule has 4 heteroatoms. The Morgan fingerprint density at radius 3 is 2.56 bits per heavy atom. The Balaban J connectivity index is 1.76. The van der Waals surface area contributed by atoms with Gasteiger partial charge in [-0.2, -0.15) is 0 Å². The first kappa shape index (κ1) is 10.7. The lowest BCUT2D eigenvalue weighted by Gasteiger charge is -2.05. The third-order valence-corrected chi connectivity index (χ3v) is 2.85. The largest absolute Gasteiger partial charge is 0.506 e. The molecule has 90 valence electrons. The lowest BCUT2D eigenvalue weighted by Crippen LogP contribution is -2.11. The van der Waals surface area contributed by atoms with Crippen molar-refractivity contribution in [2.45, 2.75) is 6.61 Å². The van der Waals surface area contributed by atoms with Crippen molar-refractivity contribution in [1.29, 1.82) is 0 Å². The molecule has 0 aliphatic carbocycles. The lowest BCUT2D eigenvalue weighted by molar-refractivity contribution is 0.143. The highest BCUT2D eigenvalue weighted by molar-refractivity contribution is 5.91. The topological polar surface area (TPSA) is 51.5 Å². The van der Waals surface area contributed by atoms with Crippen molar-refractivity contribution in [3.05, 3.63) is 54.1 Å². The second-order valence-corrected chi connectivity index (χ2v) is 4.05. The fourth-order valence-electron chi connectivity index (χ4n) is 1.97. The zero-order valence-corrected chi connectivity index (χ0v) is 9.54. The van der Waals surface area contributed by atoms with Crippen molar-refractivity contribution in [1.82, 2.24) is 4.57 Å². The molecule has 0 aliphatic rings. The molecule has 0 fully saturated rings. The maximum absolute atomic E-state index is 11.9. The first-order valence-electron chi connectivity index (χ1n) is 5.59. The number of carbonyl (C=O) groups excluding carboxylic acids is 1. The molecule has 0 saturated heterocycles. The van der Waals surface area contributed by atoms with Gasteiger partial charge in [-0.05, 0) is 17.7 Å². The standard InChI is InChI=1S/C14H11NO3/c16-13-8-11-6-7-12(13)15(11)14(17)18-9-10-4-2-1-3-5-10/h1-8,16H,9H2. The summed E-state index contributed by atoms with van der Waals surface area (Å²) in [6.45, 7) is 0.220. The average Bonchev–Trinajstić information content (AvgIpc) is 2.94. The molecular formula is C14H11NO3. The number of benzene rings is 2. The van der Waals surface area contributed by atoms with Crippen LogP contribution < -0.4 is 0 Å². The van der Waals surface area contributed by atoms with Crippen LogP contribution in [0.2, 0.25) is 0 Å². The van der Waals surface area contributed by atoms with Crippen LogP contribution in [0.4, 0.5) is 4.79 Å². The maximum Gasteiger partial charge on any atom is 0.419 e. The molecule has 0 saturated carbocycles. The average molecular weight is 241 g/mol. The monoisotopic (exact) mass is 241 g/mol. The van der Waals surface area contributed by atoms with E-state index in [1.54, 1.807) is 18.2 Å². The van der Waals surface area contributed by atoms with Crippen LogP contribution in [0, 0.1) is 0 Å². The van der Waals surface area contributed by atoms with E-state index in [0.717, 1.165) is 5.56 Å². The summed E-state index contributed by atoms with van der Waals surface area (Å²) in [4.78, 5) is 11.9. The number of nitrogens with zero attached hydrogens (tertiary/aromatic N) is 1. The van der Waals surface area contributed by atoms with Crippen LogP contribution in [0.1, 0.15) is 5.56 Å². The van der Waals surface area contributed by atoms with Crippen molar-refractivity contribution in [3.8, 4) is 5.75 Å². The van der Waals surface area contributed by atoms with Crippen molar-refractivity contribution in [2.75, 3.05) is 0 Å². The Kier molecular flexibility index (Phi) is 2.41. The third kappa shape index (κ3) is 1.68. The smallest absolute Gasteiger partial charge is 0.419 e. The fraction of sp³-hybridized carbons (Fsp3) is 0.0714. The Hall–Kier alpha value is -2.49. The molecule has 1 aromatic carbocycles. The summed E-state index contributed by atoms with van der Waals surface area (Å²) in [6, 6.07) is 14.5. The van der Waals surface area contributed by atoms with Gasteiger partial charge in [-0.3, -0.25) is 0 Å². The predicted molar refractivity (Wildman–Crippen MR) is 66.8 cm³/mol. The number of ether oxygens (including phenoxy) is 1. The van der Waals surface area contributed by atoms with Gasteiger partial charge in [0.1, 0.15) is 12.4 Å². The Labute approximate surface area is 103 Å². The SMILES string of the molecule is O=C(OCc1ccccc1)n1c2ccc1c(O)c2. The van der Waals surface area contributed by atoms with E-state index in [2.05, 4.69) is 0 Å². The molecule has 0 amide bonds. The quantitative estimate of drug-likeness (QED) is 0.750. The van der Waals surface area contributed by atoms with E-state index in [4.69, 9.17) is 4.74 Å². The minimum absolute atomic E-state index is 0.101. The number of hydrogen-bond acceptors (Lipinski definition) is 3. The number of aromatic hydroxyl groups is 1. The van der Waals surface area contributed by atoms with E-state index in [1.165, 1.54) is 4.57 Å². The Bertz CT molecular complexity index is 672. The number of hydrogen-bond donors (Lipinski definition) is 1. The molecule has 0 radical (unpaired) electrons. The van der Waals surface area contributed by atoms with Crippen molar-refractivity contribution in [3.63, 3.8) is 0 Å². The first-order valence-corrected chi connectivity index (χ1v) is 5.59. The highest BCUT2D eigenvalue weighted by Crippen LogP contribution is 2.28. The summed E-state index contributed by atoms with van der Waals surface area (Å²) in [6.07, 6.45) is -0.478. The lowest BCUT2D eigenvalue weighted by atomic mass is 10.2. The molecule has 0 atom stereocenters. The van der Waals surface area contributed by atoms with Gasteiger partial charge < -0.3 is 9.84 Å². The van der Waals surface area contributed by atoms with Crippen LogP contribution in [0.5, 0.6) is 5.75 Å². The van der Waals surface area contributed by atoms with Gasteiger partial charge >= 0.3 is 6.09 Å². The summed E-state index contributed by atoms with van der Waals surface area (Å²) in [7, 11) is 0. The molecule has 2 heterocycles. The van der Waals surface area contributed by atoms with Crippen LogP contribution in [-0.2, 0) is 11.3 Å². The molecule has 3 rings (SSSR count). The Morgan fingerprint density at radius 2 is 1.94 bits per heavy atom. The molecule has 1 N–H and O–H groups in total. The van der Waals surface area contributed by atoms with Gasteiger partial charge in [0, 0.05) is 6.07 Å². The zero-order chi connectivity index (χ0) is 12.5. The third-order valence-electron chi connectivity index (χ3n) is 2.85. The summed E-state index contributed by atoms with van der Waals surface area (Å²) < 4.78 is 6.56. The van der Waals surface area contributed by atoms with Gasteiger partial charge in [0.25, 0.3) is 0 Å². The minimum atomic E-state index is -0.478. The normalized spacial score (nSPS) is 10.9. The van der Waals surface area contributed by atoms with Crippen LogP contribution in [0.15, 0.2) is 48.5 Å². The van der Waals surface area contributed by atoms with Crippen molar-refractivity contribution >= 4 is 17.1 Å². The van der Waals surface area contributed by atoms with Crippen molar-refractivity contribution in [2.24, 2.45) is 0 Å². The first-order chi connectivity index (χ1) is 8.75. The van der Waals surface area contributed by atoms with Gasteiger partial charge in [0.15, 0.2) is 0 Å². The minimum Gasteiger partial charge on any atom is -0.506 e. The van der Waals surface area contributed by atoms with E-state index in [0.29, 0.717) is 11.0 Å². The number of aromatic nitrogens is 1. The van der Waals surface area contributed by atoms with Crippen LogP contribution in [0.25, 0.3) is 11.0 Å². The number of carbonyl (C=O) groups is 1. The van der Waals surface area contributed by atoms with E-state index in [-0.39, 0.29) is 12.4 Å². The molecule has 0 unspecified atom stereocenters. The van der Waals surface area contributed by atoms with E-state index >= 15 is 0 Å². The summed E-state index contributed by atoms with van der Waals surface area (Å²) >= 11 is 0. The molecule has 2 bridgehead atoms. The second kappa shape index (κ2) is 4.07. The highest BCUT2D eigenvalue weighted by atomic mass is 16.5. The van der Waals surface area contributed by atoms with Gasteiger partial charge in [-0.25, -0.2) is 9.36 Å². The number of rotatable bonds is 2. The van der Waals surface area contributed by atoms with Crippen LogP contribution in [-0.4, -0.2) is 15.8 Å². The molecule has 18 heavy (non-hydrogen) atoms. The van der Waals surface area contributed by atoms with E-state index in [9.17, 15) is 9.90 Å². The van der Waals surface area contributed by atoms with Gasteiger partial charge in [-0.15, -0.1) is 0 Å². The van der Waals surface area contributed by atoms with Crippen molar-refractivity contribution < 1.29 is 14.6 Å². The fourth-order valence-corrected chi connectivity index (χ4v) is 1.97. The molecule has 0 spiro atoms. The second-order valence-electron chi connectivity index (χ2n) is 4.05. The van der Waals surface area contributed by atoms with E-state index < -0.39 is 6.09 Å². The molecular weight excluding hydrogens is 230 g/mol. The number of phenols is 1.